The molecule has 1 N–H and O–H groups in total. The molecule has 2 aromatic heterocycles. The van der Waals surface area contributed by atoms with E-state index in [1.165, 1.54) is 16.9 Å². The normalized spacial score (nSPS) is 15.9. The number of hydrogen-bond donors (Lipinski definition) is 1. The minimum Gasteiger partial charge on any atom is -0.309 e. The average molecular weight is 351 g/mol. The van der Waals surface area contributed by atoms with Crippen LogP contribution in [0.3, 0.4) is 0 Å². The molecule has 1 aliphatic rings. The van der Waals surface area contributed by atoms with Crippen molar-refractivity contribution >= 4 is 34.0 Å². The monoisotopic (exact) mass is 351 g/mol. The summed E-state index contributed by atoms with van der Waals surface area (Å²) in [7, 11) is 0. The molecule has 1 atom stereocenters. The zero-order valence-corrected chi connectivity index (χ0v) is 14.5. The fourth-order valence-corrected chi connectivity index (χ4v) is 3.79. The Bertz CT molecular complexity index is 895. The molecule has 0 bridgehead atoms. The number of carbonyl (C=O) groups excluding carboxylic acids is 1. The second kappa shape index (κ2) is 6.60. The van der Waals surface area contributed by atoms with E-state index in [2.05, 4.69) is 33.3 Å². The summed E-state index contributed by atoms with van der Waals surface area (Å²) in [6.45, 7) is 2.08. The van der Waals surface area contributed by atoms with Gasteiger partial charge in [-0.05, 0) is 31.0 Å². The number of fused-ring (bicyclic) bond motifs is 1. The van der Waals surface area contributed by atoms with Crippen LogP contribution in [-0.4, -0.2) is 26.9 Å². The minimum atomic E-state index is 0.0743. The van der Waals surface area contributed by atoms with E-state index in [4.69, 9.17) is 0 Å². The first-order chi connectivity index (χ1) is 12.2. The largest absolute Gasteiger partial charge is 0.309 e. The minimum absolute atomic E-state index is 0.0743. The van der Waals surface area contributed by atoms with Crippen molar-refractivity contribution in [1.82, 2.24) is 15.0 Å². The Kier molecular flexibility index (Phi) is 4.15. The van der Waals surface area contributed by atoms with E-state index in [9.17, 15) is 4.79 Å². The lowest BCUT2D eigenvalue weighted by Gasteiger charge is -2.22. The average Bonchev–Trinajstić information content (AvgIpc) is 3.18. The SMILES string of the molecule is CC1Cc2ccccc2N1C(=O)Cc1csc(Nc2ncccn2)n1. The number of amides is 1. The summed E-state index contributed by atoms with van der Waals surface area (Å²) in [4.78, 5) is 27.4. The van der Waals surface area contributed by atoms with E-state index < -0.39 is 0 Å². The molecular formula is C18H17N5OS. The topological polar surface area (TPSA) is 71.0 Å². The highest BCUT2D eigenvalue weighted by atomic mass is 32.1. The van der Waals surface area contributed by atoms with Crippen LogP contribution in [0, 0.1) is 0 Å². The van der Waals surface area contributed by atoms with Gasteiger partial charge in [-0.15, -0.1) is 11.3 Å². The van der Waals surface area contributed by atoms with Crippen molar-refractivity contribution < 1.29 is 4.79 Å². The van der Waals surface area contributed by atoms with Crippen LogP contribution < -0.4 is 10.2 Å². The van der Waals surface area contributed by atoms with Gasteiger partial charge < -0.3 is 10.2 Å². The lowest BCUT2D eigenvalue weighted by atomic mass is 10.1. The Balaban J connectivity index is 1.47. The summed E-state index contributed by atoms with van der Waals surface area (Å²) in [6, 6.07) is 10.0. The zero-order valence-electron chi connectivity index (χ0n) is 13.7. The fraction of sp³-hybridized carbons (Fsp3) is 0.222. The molecule has 1 aromatic carbocycles. The van der Waals surface area contributed by atoms with Crippen LogP contribution >= 0.6 is 11.3 Å². The number of benzene rings is 1. The molecule has 1 unspecified atom stereocenters. The Morgan fingerprint density at radius 1 is 1.28 bits per heavy atom. The van der Waals surface area contributed by atoms with Crippen LogP contribution in [-0.2, 0) is 17.6 Å². The highest BCUT2D eigenvalue weighted by Crippen LogP contribution is 2.32. The van der Waals surface area contributed by atoms with Crippen molar-refractivity contribution in [3.8, 4) is 0 Å². The molecule has 126 valence electrons. The molecule has 25 heavy (non-hydrogen) atoms. The summed E-state index contributed by atoms with van der Waals surface area (Å²) >= 11 is 1.44. The first-order valence-electron chi connectivity index (χ1n) is 8.09. The van der Waals surface area contributed by atoms with Gasteiger partial charge in [-0.1, -0.05) is 18.2 Å². The predicted octanol–water partition coefficient (Wildman–Crippen LogP) is 3.20. The summed E-state index contributed by atoms with van der Waals surface area (Å²) in [5, 5.41) is 5.63. The smallest absolute Gasteiger partial charge is 0.233 e. The summed E-state index contributed by atoms with van der Waals surface area (Å²) < 4.78 is 0. The van der Waals surface area contributed by atoms with Crippen LogP contribution in [0.25, 0.3) is 0 Å². The van der Waals surface area contributed by atoms with Crippen molar-refractivity contribution in [1.29, 1.82) is 0 Å². The molecule has 1 amide bonds. The highest BCUT2D eigenvalue weighted by Gasteiger charge is 2.30. The van der Waals surface area contributed by atoms with Gasteiger partial charge in [-0.25, -0.2) is 15.0 Å². The maximum absolute atomic E-state index is 12.8. The van der Waals surface area contributed by atoms with Crippen molar-refractivity contribution in [3.05, 3.63) is 59.4 Å². The quantitative estimate of drug-likeness (QED) is 0.781. The number of rotatable bonds is 4. The molecule has 0 fully saturated rings. The molecule has 0 radical (unpaired) electrons. The summed E-state index contributed by atoms with van der Waals surface area (Å²) in [5.74, 6) is 0.571. The molecule has 6 nitrogen and oxygen atoms in total. The van der Waals surface area contributed by atoms with Gasteiger partial charge in [0, 0.05) is 29.5 Å². The Morgan fingerprint density at radius 3 is 2.92 bits per heavy atom. The number of thiazole rings is 1. The maximum atomic E-state index is 12.8. The lowest BCUT2D eigenvalue weighted by Crippen LogP contribution is -2.36. The molecule has 3 heterocycles. The molecule has 7 heteroatoms. The Morgan fingerprint density at radius 2 is 2.08 bits per heavy atom. The van der Waals surface area contributed by atoms with Gasteiger partial charge in [0.25, 0.3) is 0 Å². The summed E-state index contributed by atoms with van der Waals surface area (Å²) in [6.07, 6.45) is 4.52. The second-order valence-electron chi connectivity index (χ2n) is 5.96. The van der Waals surface area contributed by atoms with E-state index in [1.54, 1.807) is 18.5 Å². The number of nitrogens with one attached hydrogen (secondary N) is 1. The van der Waals surface area contributed by atoms with E-state index in [0.717, 1.165) is 17.8 Å². The zero-order chi connectivity index (χ0) is 17.2. The number of carbonyl (C=O) groups is 1. The van der Waals surface area contributed by atoms with Gasteiger partial charge in [0.1, 0.15) is 0 Å². The number of aromatic nitrogens is 3. The molecule has 1 aliphatic heterocycles. The van der Waals surface area contributed by atoms with E-state index >= 15 is 0 Å². The molecule has 0 saturated carbocycles. The highest BCUT2D eigenvalue weighted by molar-refractivity contribution is 7.13. The van der Waals surface area contributed by atoms with Crippen LogP contribution in [0.15, 0.2) is 48.1 Å². The molecule has 4 rings (SSSR count). The summed E-state index contributed by atoms with van der Waals surface area (Å²) in [5.41, 5.74) is 3.00. The van der Waals surface area contributed by atoms with Gasteiger partial charge in [0.15, 0.2) is 5.13 Å². The standard InChI is InChI=1S/C18H17N5OS/c1-12-9-13-5-2-3-6-15(13)23(12)16(24)10-14-11-25-18(21-14)22-17-19-7-4-8-20-17/h2-8,11-12H,9-10H2,1H3,(H,19,20,21,22). The number of nitrogens with zero attached hydrogens (tertiary/aromatic N) is 4. The van der Waals surface area contributed by atoms with Gasteiger partial charge in [0.05, 0.1) is 12.1 Å². The van der Waals surface area contributed by atoms with Crippen molar-refractivity contribution in [2.75, 3.05) is 10.2 Å². The van der Waals surface area contributed by atoms with Crippen molar-refractivity contribution in [2.45, 2.75) is 25.8 Å². The number of hydrogen-bond acceptors (Lipinski definition) is 6. The van der Waals surface area contributed by atoms with Crippen molar-refractivity contribution in [2.24, 2.45) is 0 Å². The van der Waals surface area contributed by atoms with Gasteiger partial charge in [0.2, 0.25) is 11.9 Å². The van der Waals surface area contributed by atoms with Crippen LogP contribution in [0.2, 0.25) is 0 Å². The third kappa shape index (κ3) is 3.23. The lowest BCUT2D eigenvalue weighted by molar-refractivity contribution is -0.118. The van der Waals surface area contributed by atoms with Crippen LogP contribution in [0.1, 0.15) is 18.2 Å². The molecule has 0 saturated heterocycles. The van der Waals surface area contributed by atoms with Gasteiger partial charge >= 0.3 is 0 Å². The molecular weight excluding hydrogens is 334 g/mol. The number of anilines is 3. The molecule has 3 aromatic rings. The number of para-hydroxylation sites is 1. The van der Waals surface area contributed by atoms with E-state index in [-0.39, 0.29) is 18.4 Å². The first-order valence-corrected chi connectivity index (χ1v) is 8.97. The fourth-order valence-electron chi connectivity index (χ4n) is 3.09. The van der Waals surface area contributed by atoms with E-state index in [0.29, 0.717) is 11.1 Å². The van der Waals surface area contributed by atoms with E-state index in [1.807, 2.05) is 28.5 Å². The predicted molar refractivity (Wildman–Crippen MR) is 98.2 cm³/mol. The van der Waals surface area contributed by atoms with Crippen LogP contribution in [0.5, 0.6) is 0 Å². The van der Waals surface area contributed by atoms with Crippen LogP contribution in [0.4, 0.5) is 16.8 Å². The molecule has 0 spiro atoms. The third-order valence-corrected chi connectivity index (χ3v) is 4.95. The molecule has 0 aliphatic carbocycles. The second-order valence-corrected chi connectivity index (χ2v) is 6.82. The first kappa shape index (κ1) is 15.7. The third-order valence-electron chi connectivity index (χ3n) is 4.14. The van der Waals surface area contributed by atoms with Gasteiger partial charge in [-0.2, -0.15) is 0 Å². The Hall–Kier alpha value is -2.80. The Labute approximate surface area is 149 Å². The van der Waals surface area contributed by atoms with Crippen molar-refractivity contribution in [3.63, 3.8) is 0 Å². The maximum Gasteiger partial charge on any atom is 0.233 e. The van der Waals surface area contributed by atoms with Gasteiger partial charge in [-0.3, -0.25) is 4.79 Å².